The summed E-state index contributed by atoms with van der Waals surface area (Å²) in [4.78, 5) is 128. The van der Waals surface area contributed by atoms with E-state index in [0.717, 1.165) is 24.0 Å². The Hall–Kier alpha value is -6.62. The number of fused-ring (bicyclic) bond motifs is 11. The number of esters is 2. The zero-order valence-electron chi connectivity index (χ0n) is 43.0. The number of likely N-dealkylation sites (N-methyl/N-ethyl adjacent to an activating group) is 1. The van der Waals surface area contributed by atoms with Crippen molar-refractivity contribution in [2.24, 2.45) is 17.8 Å². The molecule has 1 unspecified atom stereocenters. The Bertz CT molecular complexity index is 2360. The standard InChI is InChI=1S/C51H70ClN7O15/c1-10-27(4)39-46(66)58-42-33-16-18-34(19-17-33)74-31(8)51(71,25-52)21-20-37(61)53-23-38(62)72-24-35(50(70)73-30(7)41(48(68)55-39)57-44(64)28(5)43(63)26(2)3)54-47(67)40(29(6)60)56-45(65)36(59(9)49(42)69)22-32-14-12-11-13-15-32/h11-21,26-31,35-36,39-43,60,63,71H,10,22-25H2,1-9H3,(H,53,61)(H,54,67)(H,55,68)(H,56,65)(H,57,64)(H,58,66)/b21-20+/t27-,28+,29+,30+,31+,35-,36-,39+,40+,41-,42?,43+,51-/m1/s1. The van der Waals surface area contributed by atoms with Gasteiger partial charge in [0, 0.05) is 19.5 Å². The van der Waals surface area contributed by atoms with Crippen molar-refractivity contribution in [3.63, 3.8) is 0 Å². The maximum Gasteiger partial charge on any atom is 0.332 e. The van der Waals surface area contributed by atoms with Crippen molar-refractivity contribution in [3.8, 4) is 5.75 Å². The minimum Gasteiger partial charge on any atom is -0.487 e. The molecular formula is C51H70ClN7O15. The molecular weight excluding hydrogens is 986 g/mol. The Morgan fingerprint density at radius 1 is 0.838 bits per heavy atom. The fourth-order valence-electron chi connectivity index (χ4n) is 7.90. The number of halogens is 1. The first-order chi connectivity index (χ1) is 34.8. The van der Waals surface area contributed by atoms with Crippen molar-refractivity contribution < 1.29 is 72.7 Å². The topological polar surface area (TPSA) is 317 Å². The predicted molar refractivity (Wildman–Crippen MR) is 267 cm³/mol. The number of hydrogen-bond donors (Lipinski definition) is 9. The summed E-state index contributed by atoms with van der Waals surface area (Å²) in [5.41, 5.74) is -1.28. The van der Waals surface area contributed by atoms with Crippen LogP contribution >= 0.6 is 11.6 Å². The van der Waals surface area contributed by atoms with Crippen LogP contribution in [-0.2, 0) is 59.0 Å². The van der Waals surface area contributed by atoms with Crippen LogP contribution in [0.2, 0.25) is 0 Å². The number of aliphatic hydroxyl groups excluding tert-OH is 2. The Labute approximate surface area is 435 Å². The van der Waals surface area contributed by atoms with Gasteiger partial charge in [-0.1, -0.05) is 83.5 Å². The van der Waals surface area contributed by atoms with Gasteiger partial charge in [0.05, 0.1) is 24.0 Å². The summed E-state index contributed by atoms with van der Waals surface area (Å²) in [6.45, 7) is 10.2. The Balaban J connectivity index is 2.03. The van der Waals surface area contributed by atoms with E-state index in [4.69, 9.17) is 25.8 Å². The first kappa shape index (κ1) is 59.9. The van der Waals surface area contributed by atoms with Gasteiger partial charge >= 0.3 is 11.9 Å². The van der Waals surface area contributed by atoms with Gasteiger partial charge in [0.1, 0.15) is 66.9 Å². The summed E-state index contributed by atoms with van der Waals surface area (Å²) in [7, 11) is 1.29. The van der Waals surface area contributed by atoms with Crippen LogP contribution in [0.25, 0.3) is 0 Å². The lowest BCUT2D eigenvalue weighted by Crippen LogP contribution is -2.61. The third-order valence-corrected chi connectivity index (χ3v) is 13.6. The van der Waals surface area contributed by atoms with Gasteiger partial charge in [-0.05, 0) is 61.9 Å². The molecule has 406 valence electrons. The lowest BCUT2D eigenvalue weighted by Gasteiger charge is -2.34. The van der Waals surface area contributed by atoms with E-state index in [0.29, 0.717) is 5.56 Å². The molecule has 2 aromatic rings. The highest BCUT2D eigenvalue weighted by Gasteiger charge is 2.42. The van der Waals surface area contributed by atoms with Crippen LogP contribution in [0.3, 0.4) is 0 Å². The number of nitrogens with one attached hydrogen (secondary N) is 6. The number of carbonyl (C=O) groups excluding carboxylic acids is 9. The summed E-state index contributed by atoms with van der Waals surface area (Å²) in [5.74, 6) is -11.8. The summed E-state index contributed by atoms with van der Waals surface area (Å²) < 4.78 is 17.0. The molecule has 0 aromatic heterocycles. The molecule has 3 heterocycles. The van der Waals surface area contributed by atoms with Crippen molar-refractivity contribution in [2.75, 3.05) is 26.1 Å². The quantitative estimate of drug-likeness (QED) is 0.110. The number of rotatable bonds is 10. The number of amides is 7. The molecule has 22 nitrogen and oxygen atoms in total. The first-order valence-electron chi connectivity index (χ1n) is 24.4. The molecule has 7 amide bonds. The molecule has 0 aliphatic carbocycles. The second-order valence-corrected chi connectivity index (χ2v) is 19.4. The number of ether oxygens (including phenoxy) is 3. The molecule has 5 rings (SSSR count). The summed E-state index contributed by atoms with van der Waals surface area (Å²) in [6.07, 6.45) is -3.61. The second-order valence-electron chi connectivity index (χ2n) is 19.1. The van der Waals surface area contributed by atoms with Gasteiger partial charge in [-0.25, -0.2) is 4.79 Å². The van der Waals surface area contributed by atoms with Gasteiger partial charge in [0.25, 0.3) is 0 Å². The van der Waals surface area contributed by atoms with Crippen LogP contribution in [0, 0.1) is 17.8 Å². The van der Waals surface area contributed by atoms with Gasteiger partial charge in [-0.15, -0.1) is 11.6 Å². The molecule has 13 atom stereocenters. The Morgan fingerprint density at radius 2 is 1.46 bits per heavy atom. The van der Waals surface area contributed by atoms with E-state index in [9.17, 15) is 53.7 Å². The molecule has 0 spiro atoms. The van der Waals surface area contributed by atoms with E-state index in [1.54, 1.807) is 58.0 Å². The fraction of sp³-hybridized carbons (Fsp3) is 0.549. The smallest absolute Gasteiger partial charge is 0.332 e. The third-order valence-electron chi connectivity index (χ3n) is 13.1. The summed E-state index contributed by atoms with van der Waals surface area (Å²) in [6, 6.07) is 4.00. The van der Waals surface area contributed by atoms with Gasteiger partial charge in [0.2, 0.25) is 41.4 Å². The average molecular weight is 1060 g/mol. The van der Waals surface area contributed by atoms with E-state index in [-0.39, 0.29) is 24.2 Å². The Morgan fingerprint density at radius 3 is 2.05 bits per heavy atom. The molecule has 0 saturated carbocycles. The predicted octanol–water partition coefficient (Wildman–Crippen LogP) is -0.156. The van der Waals surface area contributed by atoms with Gasteiger partial charge in [-0.2, -0.15) is 0 Å². The number of benzene rings is 2. The van der Waals surface area contributed by atoms with E-state index in [1.807, 2.05) is 0 Å². The molecule has 9 N–H and O–H groups in total. The van der Waals surface area contributed by atoms with Crippen molar-refractivity contribution in [1.82, 2.24) is 36.8 Å². The summed E-state index contributed by atoms with van der Waals surface area (Å²) in [5, 5.41) is 48.3. The lowest BCUT2D eigenvalue weighted by molar-refractivity contribution is -0.160. The van der Waals surface area contributed by atoms with E-state index in [1.165, 1.54) is 52.1 Å². The summed E-state index contributed by atoms with van der Waals surface area (Å²) >= 11 is 6.17. The van der Waals surface area contributed by atoms with Crippen LogP contribution in [-0.4, -0.2) is 160 Å². The van der Waals surface area contributed by atoms with Crippen molar-refractivity contribution in [3.05, 3.63) is 77.9 Å². The fourth-order valence-corrected chi connectivity index (χ4v) is 8.20. The largest absolute Gasteiger partial charge is 0.487 e. The zero-order chi connectivity index (χ0) is 55.2. The van der Waals surface area contributed by atoms with Crippen LogP contribution in [0.1, 0.15) is 79.0 Å². The Kier molecular flexibility index (Phi) is 21.9. The molecule has 3 aliphatic rings. The minimum absolute atomic E-state index is 0.133. The van der Waals surface area contributed by atoms with Crippen molar-refractivity contribution in [2.45, 2.75) is 134 Å². The highest BCUT2D eigenvalue weighted by molar-refractivity contribution is 6.18. The highest BCUT2D eigenvalue weighted by Crippen LogP contribution is 2.26. The molecule has 1 fully saturated rings. The van der Waals surface area contributed by atoms with Crippen LogP contribution in [0.15, 0.2) is 66.7 Å². The second kappa shape index (κ2) is 27.1. The molecule has 0 radical (unpaired) electrons. The van der Waals surface area contributed by atoms with Gasteiger partial charge in [0.15, 0.2) is 6.04 Å². The maximum atomic E-state index is 15.2. The number of aliphatic hydroxyl groups is 3. The van der Waals surface area contributed by atoms with Crippen LogP contribution in [0.5, 0.6) is 5.75 Å². The molecule has 4 bridgehead atoms. The molecule has 2 aromatic carbocycles. The number of alkyl halides is 1. The average Bonchev–Trinajstić information content (AvgIpc) is 3.37. The van der Waals surface area contributed by atoms with Gasteiger partial charge < -0.3 is 66.3 Å². The zero-order valence-corrected chi connectivity index (χ0v) is 43.7. The van der Waals surface area contributed by atoms with Crippen LogP contribution < -0.4 is 36.6 Å². The minimum atomic E-state index is -1.98. The van der Waals surface area contributed by atoms with Crippen molar-refractivity contribution in [1.29, 1.82) is 0 Å². The highest BCUT2D eigenvalue weighted by atomic mass is 35.5. The molecule has 74 heavy (non-hydrogen) atoms. The first-order valence-corrected chi connectivity index (χ1v) is 24.9. The third kappa shape index (κ3) is 15.9. The monoisotopic (exact) mass is 1060 g/mol. The van der Waals surface area contributed by atoms with E-state index >= 15 is 4.79 Å². The number of carbonyl (C=O) groups is 9. The molecule has 3 aliphatic heterocycles. The van der Waals surface area contributed by atoms with E-state index in [2.05, 4.69) is 31.9 Å². The number of cyclic esters (lactones) is 1. The van der Waals surface area contributed by atoms with E-state index < -0.39 is 156 Å². The SMILES string of the molecule is CC[C@@H](C)[C@@H]1NC(=O)[C@H](NC(=O)[C@@H](C)[C@@H](O)C(C)C)[C@H](C)OC(=O)[C@H]2COC(=O)CNC(=O)/C=C/[C@@](O)(CCl)[C@H](C)Oc3ccc(cc3)C(NC1=O)C(=O)N(C)[C@H](Cc1ccccc1)C(=O)N[C@@H]([C@H](C)O)C(=O)N2. The lowest BCUT2D eigenvalue weighted by atomic mass is 9.93. The number of nitrogens with zero attached hydrogens (tertiary/aromatic N) is 1. The maximum absolute atomic E-state index is 15.2. The molecule has 23 heteroatoms. The van der Waals surface area contributed by atoms with Gasteiger partial charge in [-0.3, -0.25) is 38.4 Å². The normalized spacial score (nSPS) is 28.5. The number of hydrogen-bond acceptors (Lipinski definition) is 15. The van der Waals surface area contributed by atoms with Crippen LogP contribution in [0.4, 0.5) is 0 Å². The molecule has 1 saturated heterocycles. The van der Waals surface area contributed by atoms with Crippen molar-refractivity contribution >= 4 is 64.9 Å².